The van der Waals surface area contributed by atoms with E-state index >= 15 is 0 Å². The molecule has 1 saturated heterocycles. The predicted octanol–water partition coefficient (Wildman–Crippen LogP) is 5.55. The fourth-order valence-electron chi connectivity index (χ4n) is 6.64. The van der Waals surface area contributed by atoms with E-state index in [2.05, 4.69) is 60.0 Å². The first-order valence-corrected chi connectivity index (χ1v) is 14.8. The molecule has 1 aliphatic carbocycles. The molecule has 0 atom stereocenters. The average Bonchev–Trinajstić information content (AvgIpc) is 3.39. The summed E-state index contributed by atoms with van der Waals surface area (Å²) in [5.41, 5.74) is 11.6. The molecule has 2 fully saturated rings. The van der Waals surface area contributed by atoms with Crippen LogP contribution < -0.4 is 11.1 Å². The van der Waals surface area contributed by atoms with E-state index in [1.807, 2.05) is 25.1 Å². The maximum Gasteiger partial charge on any atom is 0.227 e. The van der Waals surface area contributed by atoms with Crippen molar-refractivity contribution in [1.82, 2.24) is 34.3 Å². The molecule has 1 aliphatic heterocycles. The fraction of sp³-hybridized carbons (Fsp3) is 0.375. The summed E-state index contributed by atoms with van der Waals surface area (Å²) in [5.74, 6) is 0.599. The van der Waals surface area contributed by atoms with Gasteiger partial charge in [0.1, 0.15) is 23.6 Å². The minimum Gasteiger partial charge on any atom is -0.383 e. The Balaban J connectivity index is 1.12. The van der Waals surface area contributed by atoms with Crippen molar-refractivity contribution in [3.8, 4) is 11.1 Å². The molecule has 0 spiro atoms. The Morgan fingerprint density at radius 2 is 1.67 bits per heavy atom. The third kappa shape index (κ3) is 5.05. The average molecular weight is 566 g/mol. The van der Waals surface area contributed by atoms with Crippen LogP contribution in [0.15, 0.2) is 55.1 Å². The van der Waals surface area contributed by atoms with Crippen LogP contribution in [0.25, 0.3) is 33.1 Å². The molecule has 2 aromatic carbocycles. The Labute approximate surface area is 244 Å². The number of likely N-dealkylation sites (N-methyl/N-ethyl adjacent to an activating group) is 1. The number of aromatic nitrogens is 5. The van der Waals surface area contributed by atoms with Gasteiger partial charge in [0.15, 0.2) is 0 Å². The van der Waals surface area contributed by atoms with E-state index in [1.165, 1.54) is 38.2 Å². The summed E-state index contributed by atoms with van der Waals surface area (Å²) < 4.78 is 16.6. The van der Waals surface area contributed by atoms with Crippen LogP contribution >= 0.6 is 0 Å². The molecule has 216 valence electrons. The van der Waals surface area contributed by atoms with Crippen molar-refractivity contribution < 1.29 is 4.39 Å². The quantitative estimate of drug-likeness (QED) is 0.286. The van der Waals surface area contributed by atoms with Gasteiger partial charge in [0.05, 0.1) is 16.3 Å². The normalized spacial score (nSPS) is 20.4. The summed E-state index contributed by atoms with van der Waals surface area (Å²) in [6, 6.07) is 12.5. The summed E-state index contributed by atoms with van der Waals surface area (Å²) in [5, 5.41) is 4.55. The van der Waals surface area contributed by atoms with Crippen LogP contribution in [0.4, 0.5) is 21.8 Å². The first-order valence-electron chi connectivity index (χ1n) is 14.8. The molecule has 5 aromatic rings. The van der Waals surface area contributed by atoms with Crippen LogP contribution in [-0.4, -0.2) is 73.6 Å². The molecule has 10 heteroatoms. The number of rotatable bonds is 5. The molecule has 9 nitrogen and oxygen atoms in total. The number of nitrogens with two attached hydrogens (primary N) is 1. The van der Waals surface area contributed by atoms with Gasteiger partial charge in [0, 0.05) is 61.9 Å². The number of nitrogens with one attached hydrogen (secondary N) is 1. The molecular weight excluding hydrogens is 529 g/mol. The monoisotopic (exact) mass is 565 g/mol. The zero-order valence-corrected chi connectivity index (χ0v) is 24.1. The molecule has 2 aliphatic rings. The van der Waals surface area contributed by atoms with Gasteiger partial charge in [-0.15, -0.1) is 0 Å². The summed E-state index contributed by atoms with van der Waals surface area (Å²) in [6.45, 7) is 6.51. The Morgan fingerprint density at radius 1 is 0.929 bits per heavy atom. The van der Waals surface area contributed by atoms with Crippen LogP contribution in [0.5, 0.6) is 0 Å². The smallest absolute Gasteiger partial charge is 0.227 e. The van der Waals surface area contributed by atoms with Crippen molar-refractivity contribution in [2.75, 3.05) is 44.3 Å². The van der Waals surface area contributed by atoms with Gasteiger partial charge in [0.25, 0.3) is 0 Å². The molecule has 42 heavy (non-hydrogen) atoms. The number of benzene rings is 2. The van der Waals surface area contributed by atoms with Crippen LogP contribution in [-0.2, 0) is 0 Å². The number of anilines is 3. The van der Waals surface area contributed by atoms with Crippen molar-refractivity contribution >= 4 is 39.4 Å². The second-order valence-electron chi connectivity index (χ2n) is 11.8. The molecule has 4 heterocycles. The maximum absolute atomic E-state index is 14.3. The zero-order valence-electron chi connectivity index (χ0n) is 24.1. The molecule has 3 aromatic heterocycles. The number of halogens is 1. The van der Waals surface area contributed by atoms with Gasteiger partial charge in [-0.2, -0.15) is 0 Å². The second kappa shape index (κ2) is 10.9. The Bertz CT molecular complexity index is 1730. The Kier molecular flexibility index (Phi) is 6.95. The number of nitrogen functional groups attached to an aromatic ring is 1. The van der Waals surface area contributed by atoms with Gasteiger partial charge in [-0.25, -0.2) is 24.3 Å². The van der Waals surface area contributed by atoms with Gasteiger partial charge in [-0.05, 0) is 75.0 Å². The highest BCUT2D eigenvalue weighted by atomic mass is 19.1. The van der Waals surface area contributed by atoms with Gasteiger partial charge < -0.3 is 20.5 Å². The van der Waals surface area contributed by atoms with E-state index in [1.54, 1.807) is 6.33 Å². The highest BCUT2D eigenvalue weighted by Gasteiger charge is 2.30. The van der Waals surface area contributed by atoms with Gasteiger partial charge in [-0.1, -0.05) is 12.1 Å². The van der Waals surface area contributed by atoms with Gasteiger partial charge in [0.2, 0.25) is 5.95 Å². The molecule has 3 N–H and O–H groups in total. The number of hydrogen-bond donors (Lipinski definition) is 2. The maximum atomic E-state index is 14.3. The molecule has 0 unspecified atom stereocenters. The summed E-state index contributed by atoms with van der Waals surface area (Å²) >= 11 is 0. The summed E-state index contributed by atoms with van der Waals surface area (Å²) in [7, 11) is 2.21. The topological polar surface area (TPSA) is 101 Å². The second-order valence-corrected chi connectivity index (χ2v) is 11.8. The molecule has 0 bridgehead atoms. The third-order valence-corrected chi connectivity index (χ3v) is 9.00. The first-order chi connectivity index (χ1) is 20.4. The summed E-state index contributed by atoms with van der Waals surface area (Å²) in [6.07, 6.45) is 9.95. The number of fused-ring (bicyclic) bond motifs is 2. The van der Waals surface area contributed by atoms with E-state index in [4.69, 9.17) is 10.7 Å². The van der Waals surface area contributed by atoms with E-state index in [0.717, 1.165) is 59.3 Å². The fourth-order valence-corrected chi connectivity index (χ4v) is 6.64. The van der Waals surface area contributed by atoms with Crippen LogP contribution in [0.3, 0.4) is 0 Å². The number of hydrogen-bond acceptors (Lipinski definition) is 8. The highest BCUT2D eigenvalue weighted by Crippen LogP contribution is 2.39. The largest absolute Gasteiger partial charge is 0.383 e. The van der Waals surface area contributed by atoms with Crippen molar-refractivity contribution in [2.24, 2.45) is 0 Å². The van der Waals surface area contributed by atoms with Crippen LogP contribution in [0.2, 0.25) is 0 Å². The number of piperazine rings is 1. The predicted molar refractivity (Wildman–Crippen MR) is 165 cm³/mol. The molecule has 0 radical (unpaired) electrons. The molecule has 1 saturated carbocycles. The number of aryl methyl sites for hydroxylation is 1. The molecule has 7 rings (SSSR count). The minimum atomic E-state index is -0.314. The highest BCUT2D eigenvalue weighted by molar-refractivity contribution is 6.00. The lowest BCUT2D eigenvalue weighted by atomic mass is 9.89. The van der Waals surface area contributed by atoms with Crippen molar-refractivity contribution in [2.45, 2.75) is 44.7 Å². The van der Waals surface area contributed by atoms with Crippen LogP contribution in [0, 0.1) is 12.7 Å². The molecule has 0 amide bonds. The standard InChI is InChI=1S/C32H36FN9/c1-20-15-27(33)25-17-35-32(39-28(25)16-20)38-22-5-3-21(4-6-22)26-18-42(31-29(26)30(34)36-19-37-31)24-9-7-23(8-10-24)41-13-11-40(2)12-14-41/h3-6,15-19,23-24H,7-14H2,1-2H3,(H2,34,36,37)(H,35,38,39)/t23-,24-. The Morgan fingerprint density at radius 3 is 2.43 bits per heavy atom. The minimum absolute atomic E-state index is 0.314. The van der Waals surface area contributed by atoms with E-state index in [9.17, 15) is 4.39 Å². The van der Waals surface area contributed by atoms with E-state index in [0.29, 0.717) is 34.8 Å². The van der Waals surface area contributed by atoms with Crippen molar-refractivity contribution in [3.63, 3.8) is 0 Å². The van der Waals surface area contributed by atoms with Crippen molar-refractivity contribution in [1.29, 1.82) is 0 Å². The molecular formula is C32H36FN9. The first kappa shape index (κ1) is 26.7. The lowest BCUT2D eigenvalue weighted by Gasteiger charge is -2.41. The van der Waals surface area contributed by atoms with Gasteiger partial charge in [-0.3, -0.25) is 4.90 Å². The number of nitrogens with zero attached hydrogens (tertiary/aromatic N) is 7. The third-order valence-electron chi connectivity index (χ3n) is 9.00. The van der Waals surface area contributed by atoms with Crippen molar-refractivity contribution in [3.05, 3.63) is 66.5 Å². The van der Waals surface area contributed by atoms with E-state index in [-0.39, 0.29) is 5.82 Å². The van der Waals surface area contributed by atoms with Crippen LogP contribution in [0.1, 0.15) is 37.3 Å². The lowest BCUT2D eigenvalue weighted by molar-refractivity contribution is 0.0828. The Hall–Kier alpha value is -4.15. The lowest BCUT2D eigenvalue weighted by Crippen LogP contribution is -2.49. The zero-order chi connectivity index (χ0) is 28.8. The SMILES string of the molecule is Cc1cc(F)c2cnc(Nc3ccc(-c4cn([C@H]5CC[C@H](N6CCN(C)CC6)CC5)c5ncnc(N)c45)cc3)nc2c1. The van der Waals surface area contributed by atoms with Gasteiger partial charge >= 0.3 is 0 Å². The summed E-state index contributed by atoms with van der Waals surface area (Å²) in [4.78, 5) is 23.0. The van der Waals surface area contributed by atoms with E-state index < -0.39 is 0 Å².